The maximum absolute atomic E-state index is 13.7. The SMILES string of the molecule is CC(Nc1cc(Br)c(F)cc1F)c1cccc(Cl)c1Cl. The number of nitrogens with one attached hydrogen (secondary N) is 1. The molecule has 0 aromatic heterocycles. The molecule has 0 fully saturated rings. The van der Waals surface area contributed by atoms with Crippen LogP contribution < -0.4 is 5.32 Å². The molecule has 0 aliphatic carbocycles. The van der Waals surface area contributed by atoms with E-state index < -0.39 is 11.6 Å². The van der Waals surface area contributed by atoms with E-state index >= 15 is 0 Å². The Hall–Kier alpha value is -0.840. The summed E-state index contributed by atoms with van der Waals surface area (Å²) in [5, 5.41) is 3.79. The van der Waals surface area contributed by atoms with Gasteiger partial charge in [-0.2, -0.15) is 0 Å². The van der Waals surface area contributed by atoms with Crippen molar-refractivity contribution in [2.24, 2.45) is 0 Å². The molecule has 2 rings (SSSR count). The van der Waals surface area contributed by atoms with E-state index in [4.69, 9.17) is 23.2 Å². The maximum atomic E-state index is 13.7. The van der Waals surface area contributed by atoms with Gasteiger partial charge in [-0.15, -0.1) is 0 Å². The van der Waals surface area contributed by atoms with Crippen molar-refractivity contribution in [1.82, 2.24) is 0 Å². The number of hydrogen-bond acceptors (Lipinski definition) is 1. The van der Waals surface area contributed by atoms with Gasteiger partial charge in [0.2, 0.25) is 0 Å². The monoisotopic (exact) mass is 379 g/mol. The summed E-state index contributed by atoms with van der Waals surface area (Å²) in [4.78, 5) is 0. The van der Waals surface area contributed by atoms with Gasteiger partial charge in [0.1, 0.15) is 11.6 Å². The molecule has 0 amide bonds. The summed E-state index contributed by atoms with van der Waals surface area (Å²) in [7, 11) is 0. The lowest BCUT2D eigenvalue weighted by Crippen LogP contribution is -2.09. The predicted molar refractivity (Wildman–Crippen MR) is 82.6 cm³/mol. The van der Waals surface area contributed by atoms with Gasteiger partial charge in [0.25, 0.3) is 0 Å². The van der Waals surface area contributed by atoms with E-state index in [1.165, 1.54) is 6.07 Å². The second kappa shape index (κ2) is 6.29. The minimum Gasteiger partial charge on any atom is -0.376 e. The van der Waals surface area contributed by atoms with Crippen molar-refractivity contribution in [1.29, 1.82) is 0 Å². The first-order chi connectivity index (χ1) is 9.40. The predicted octanol–water partition coefficient (Wildman–Crippen LogP) is 6.21. The molecular weight excluding hydrogens is 371 g/mol. The fourth-order valence-electron chi connectivity index (χ4n) is 1.80. The van der Waals surface area contributed by atoms with Crippen LogP contribution in [0.5, 0.6) is 0 Å². The molecule has 0 saturated carbocycles. The van der Waals surface area contributed by atoms with E-state index in [0.717, 1.165) is 11.6 Å². The van der Waals surface area contributed by atoms with Gasteiger partial charge in [-0.3, -0.25) is 0 Å². The highest BCUT2D eigenvalue weighted by Crippen LogP contribution is 2.33. The molecule has 2 aromatic carbocycles. The summed E-state index contributed by atoms with van der Waals surface area (Å²) >= 11 is 15.1. The van der Waals surface area contributed by atoms with Crippen LogP contribution in [-0.4, -0.2) is 0 Å². The van der Waals surface area contributed by atoms with Crippen LogP contribution in [-0.2, 0) is 0 Å². The van der Waals surface area contributed by atoms with Crippen LogP contribution in [0, 0.1) is 11.6 Å². The van der Waals surface area contributed by atoms with E-state index in [-0.39, 0.29) is 16.2 Å². The smallest absolute Gasteiger partial charge is 0.149 e. The maximum Gasteiger partial charge on any atom is 0.149 e. The Labute approximate surface area is 134 Å². The topological polar surface area (TPSA) is 12.0 Å². The van der Waals surface area contributed by atoms with Crippen LogP contribution in [0.3, 0.4) is 0 Å². The van der Waals surface area contributed by atoms with Gasteiger partial charge in [0.05, 0.1) is 26.2 Å². The Balaban J connectivity index is 2.30. The summed E-state index contributed by atoms with van der Waals surface area (Å²) in [5.74, 6) is -1.32. The Morgan fingerprint density at radius 3 is 2.55 bits per heavy atom. The van der Waals surface area contributed by atoms with Crippen molar-refractivity contribution in [2.75, 3.05) is 5.32 Å². The molecule has 0 aliphatic heterocycles. The first kappa shape index (κ1) is 15.5. The van der Waals surface area contributed by atoms with E-state index in [2.05, 4.69) is 21.2 Å². The van der Waals surface area contributed by atoms with Crippen LogP contribution in [0.2, 0.25) is 10.0 Å². The zero-order valence-electron chi connectivity index (χ0n) is 10.4. The molecule has 20 heavy (non-hydrogen) atoms. The van der Waals surface area contributed by atoms with Gasteiger partial charge in [0, 0.05) is 6.07 Å². The van der Waals surface area contributed by atoms with Gasteiger partial charge in [0.15, 0.2) is 0 Å². The van der Waals surface area contributed by atoms with Crippen LogP contribution in [0.25, 0.3) is 0 Å². The molecule has 1 nitrogen and oxygen atoms in total. The van der Waals surface area contributed by atoms with E-state index in [1.807, 2.05) is 6.92 Å². The number of halogens is 5. The van der Waals surface area contributed by atoms with E-state index in [9.17, 15) is 8.78 Å². The highest BCUT2D eigenvalue weighted by atomic mass is 79.9. The normalized spacial score (nSPS) is 12.3. The van der Waals surface area contributed by atoms with Crippen molar-refractivity contribution >= 4 is 44.8 Å². The van der Waals surface area contributed by atoms with Crippen LogP contribution >= 0.6 is 39.1 Å². The lowest BCUT2D eigenvalue weighted by Gasteiger charge is -2.18. The highest BCUT2D eigenvalue weighted by molar-refractivity contribution is 9.10. The first-order valence-electron chi connectivity index (χ1n) is 5.75. The van der Waals surface area contributed by atoms with Crippen LogP contribution in [0.4, 0.5) is 14.5 Å². The molecule has 0 aliphatic rings. The summed E-state index contributed by atoms with van der Waals surface area (Å²) in [5.41, 5.74) is 0.917. The fourth-order valence-corrected chi connectivity index (χ4v) is 2.61. The lowest BCUT2D eigenvalue weighted by molar-refractivity contribution is 0.579. The third kappa shape index (κ3) is 3.25. The average Bonchev–Trinajstić information content (AvgIpc) is 2.39. The number of hydrogen-bond donors (Lipinski definition) is 1. The molecule has 2 aromatic rings. The van der Waals surface area contributed by atoms with Crippen molar-refractivity contribution in [3.8, 4) is 0 Å². The third-order valence-electron chi connectivity index (χ3n) is 2.83. The van der Waals surface area contributed by atoms with Gasteiger partial charge >= 0.3 is 0 Å². The Kier molecular flexibility index (Phi) is 4.89. The Morgan fingerprint density at radius 1 is 1.15 bits per heavy atom. The number of benzene rings is 2. The number of rotatable bonds is 3. The van der Waals surface area contributed by atoms with E-state index in [0.29, 0.717) is 10.0 Å². The van der Waals surface area contributed by atoms with Gasteiger partial charge in [-0.25, -0.2) is 8.78 Å². The summed E-state index contributed by atoms with van der Waals surface area (Å²) in [6, 6.07) is 7.11. The van der Waals surface area contributed by atoms with Crippen LogP contribution in [0.15, 0.2) is 34.8 Å². The van der Waals surface area contributed by atoms with Gasteiger partial charge in [-0.05, 0) is 40.5 Å². The minimum atomic E-state index is -0.671. The Bertz CT molecular complexity index is 649. The second-order valence-corrected chi connectivity index (χ2v) is 5.89. The van der Waals surface area contributed by atoms with E-state index in [1.54, 1.807) is 18.2 Å². The van der Waals surface area contributed by atoms with Gasteiger partial charge < -0.3 is 5.32 Å². The first-order valence-corrected chi connectivity index (χ1v) is 7.30. The summed E-state index contributed by atoms with van der Waals surface area (Å²) < 4.78 is 27.1. The molecule has 0 bridgehead atoms. The second-order valence-electron chi connectivity index (χ2n) is 4.26. The molecule has 1 atom stereocenters. The zero-order chi connectivity index (χ0) is 14.9. The molecule has 0 spiro atoms. The largest absolute Gasteiger partial charge is 0.376 e. The van der Waals surface area contributed by atoms with Crippen molar-refractivity contribution in [2.45, 2.75) is 13.0 Å². The molecule has 0 heterocycles. The Morgan fingerprint density at radius 2 is 1.85 bits per heavy atom. The van der Waals surface area contributed by atoms with Crippen molar-refractivity contribution in [3.63, 3.8) is 0 Å². The highest BCUT2D eigenvalue weighted by Gasteiger charge is 2.15. The lowest BCUT2D eigenvalue weighted by atomic mass is 10.1. The molecule has 1 unspecified atom stereocenters. The third-order valence-corrected chi connectivity index (χ3v) is 4.27. The average molecular weight is 381 g/mol. The van der Waals surface area contributed by atoms with Crippen LogP contribution in [0.1, 0.15) is 18.5 Å². The molecule has 0 saturated heterocycles. The number of anilines is 1. The molecule has 106 valence electrons. The standard InChI is InChI=1S/C14H10BrCl2F2N/c1-7(8-3-2-4-10(16)14(8)17)20-13-5-9(15)11(18)6-12(13)19/h2-7,20H,1H3. The van der Waals surface area contributed by atoms with Gasteiger partial charge in [-0.1, -0.05) is 35.3 Å². The minimum absolute atomic E-state index is 0.182. The molecule has 1 N–H and O–H groups in total. The molecular formula is C14H10BrCl2F2N. The molecule has 6 heteroatoms. The summed E-state index contributed by atoms with van der Waals surface area (Å²) in [6.45, 7) is 1.81. The molecule has 0 radical (unpaired) electrons. The quantitative estimate of drug-likeness (QED) is 0.624. The van der Waals surface area contributed by atoms with Crippen molar-refractivity contribution < 1.29 is 8.78 Å². The van der Waals surface area contributed by atoms with Crippen molar-refractivity contribution in [3.05, 3.63) is 62.0 Å². The fraction of sp³-hybridized carbons (Fsp3) is 0.143. The summed E-state index contributed by atoms with van der Waals surface area (Å²) in [6.07, 6.45) is 0. The zero-order valence-corrected chi connectivity index (χ0v) is 13.5.